The predicted octanol–water partition coefficient (Wildman–Crippen LogP) is 5.37. The summed E-state index contributed by atoms with van der Waals surface area (Å²) in [5.74, 6) is 2.20. The Balaban J connectivity index is 0.873. The standard InChI is InChI=1S/C37H51N9O3/c1-36(2,3)49-35(48)46-15-11-37(12-16-46)22-28(23-37)43-13-9-26(10-14-43)27-24-39-34(40-25-27)45-19-17-44(18-20-45)31-21-30(41-42-33(31)38-4)29-7-5-6-8-32(29)47/h5-8,21,24-26,28,47H,9-20,22-23H2,1-4H3,(H,38,42). The minimum absolute atomic E-state index is 0.164. The van der Waals surface area contributed by atoms with Gasteiger partial charge in [0, 0.05) is 70.3 Å². The third-order valence-corrected chi connectivity index (χ3v) is 11.1. The summed E-state index contributed by atoms with van der Waals surface area (Å²) in [5.41, 5.74) is 3.51. The van der Waals surface area contributed by atoms with Crippen molar-refractivity contribution in [2.24, 2.45) is 5.41 Å². The normalized spacial score (nSPS) is 20.7. The maximum atomic E-state index is 12.5. The van der Waals surface area contributed by atoms with E-state index >= 15 is 0 Å². The number of para-hydroxylation sites is 1. The molecule has 2 N–H and O–H groups in total. The molecule has 12 nitrogen and oxygen atoms in total. The van der Waals surface area contributed by atoms with Crippen LogP contribution in [-0.2, 0) is 4.74 Å². The van der Waals surface area contributed by atoms with Gasteiger partial charge < -0.3 is 34.8 Å². The van der Waals surface area contributed by atoms with E-state index in [0.29, 0.717) is 28.6 Å². The second-order valence-electron chi connectivity index (χ2n) is 15.4. The van der Waals surface area contributed by atoms with Crippen LogP contribution in [0.25, 0.3) is 11.3 Å². The van der Waals surface area contributed by atoms with Gasteiger partial charge in [-0.3, -0.25) is 0 Å². The summed E-state index contributed by atoms with van der Waals surface area (Å²) in [7, 11) is 1.85. The molecule has 1 amide bonds. The van der Waals surface area contributed by atoms with Gasteiger partial charge in [0.15, 0.2) is 5.82 Å². The quantitative estimate of drug-likeness (QED) is 0.352. The van der Waals surface area contributed by atoms with E-state index < -0.39 is 5.60 Å². The molecule has 3 aromatic rings. The smallest absolute Gasteiger partial charge is 0.410 e. The molecule has 3 saturated heterocycles. The van der Waals surface area contributed by atoms with Crippen molar-refractivity contribution in [2.45, 2.75) is 76.9 Å². The van der Waals surface area contributed by atoms with Crippen molar-refractivity contribution in [3.63, 3.8) is 0 Å². The van der Waals surface area contributed by atoms with Gasteiger partial charge in [-0.1, -0.05) is 12.1 Å². The van der Waals surface area contributed by atoms with Crippen LogP contribution in [0.2, 0.25) is 0 Å². The Morgan fingerprint density at radius 1 is 0.918 bits per heavy atom. The van der Waals surface area contributed by atoms with Crippen LogP contribution in [0.4, 0.5) is 22.2 Å². The summed E-state index contributed by atoms with van der Waals surface area (Å²) in [6.07, 6.45) is 10.9. The SMILES string of the molecule is CNc1nnc(-c2ccccc2O)cc1N1CCN(c2ncc(C3CCN(C4CC5(CCN(C(=O)OC(C)(C)C)CC5)C4)CC3)cn2)CC1. The van der Waals surface area contributed by atoms with Crippen LogP contribution in [0.15, 0.2) is 42.7 Å². The molecule has 262 valence electrons. The third kappa shape index (κ3) is 7.25. The summed E-state index contributed by atoms with van der Waals surface area (Å²) in [4.78, 5) is 31.3. The van der Waals surface area contributed by atoms with Crippen LogP contribution in [-0.4, -0.2) is 112 Å². The number of anilines is 3. The van der Waals surface area contributed by atoms with Crippen molar-refractivity contribution in [3.05, 3.63) is 48.3 Å². The molecular formula is C37H51N9O3. The highest BCUT2D eigenvalue weighted by Gasteiger charge is 2.49. The molecule has 5 heterocycles. The number of hydrogen-bond acceptors (Lipinski definition) is 11. The number of aromatic nitrogens is 4. The van der Waals surface area contributed by atoms with Gasteiger partial charge >= 0.3 is 6.09 Å². The maximum Gasteiger partial charge on any atom is 0.410 e. The molecule has 4 fully saturated rings. The second-order valence-corrected chi connectivity index (χ2v) is 15.4. The van der Waals surface area contributed by atoms with Gasteiger partial charge in [-0.15, -0.1) is 10.2 Å². The van der Waals surface area contributed by atoms with E-state index in [1.54, 1.807) is 12.1 Å². The number of rotatable bonds is 6. The van der Waals surface area contributed by atoms with Gasteiger partial charge in [0.1, 0.15) is 11.4 Å². The first-order chi connectivity index (χ1) is 23.6. The minimum atomic E-state index is -0.441. The van der Waals surface area contributed by atoms with Crippen molar-refractivity contribution in [2.75, 3.05) is 74.5 Å². The monoisotopic (exact) mass is 669 g/mol. The van der Waals surface area contributed by atoms with Crippen LogP contribution >= 0.6 is 0 Å². The van der Waals surface area contributed by atoms with Crippen LogP contribution < -0.4 is 15.1 Å². The van der Waals surface area contributed by atoms with Crippen LogP contribution in [0.5, 0.6) is 5.75 Å². The molecule has 0 unspecified atom stereocenters. The van der Waals surface area contributed by atoms with Crippen molar-refractivity contribution < 1.29 is 14.6 Å². The minimum Gasteiger partial charge on any atom is -0.507 e. The zero-order chi connectivity index (χ0) is 34.2. The Morgan fingerprint density at radius 2 is 1.57 bits per heavy atom. The number of carbonyl (C=O) groups is 1. The molecule has 1 spiro atoms. The average molecular weight is 670 g/mol. The van der Waals surface area contributed by atoms with E-state index in [2.05, 4.69) is 42.6 Å². The maximum absolute atomic E-state index is 12.5. The molecule has 1 aromatic carbocycles. The number of nitrogens with one attached hydrogen (secondary N) is 1. The summed E-state index contributed by atoms with van der Waals surface area (Å²) >= 11 is 0. The van der Waals surface area contributed by atoms with Crippen molar-refractivity contribution in [3.8, 4) is 17.0 Å². The Kier molecular flexibility index (Phi) is 9.25. The molecule has 49 heavy (non-hydrogen) atoms. The van der Waals surface area contributed by atoms with Crippen molar-refractivity contribution in [1.82, 2.24) is 30.0 Å². The first kappa shape index (κ1) is 33.3. The molecule has 4 aliphatic rings. The van der Waals surface area contributed by atoms with E-state index in [9.17, 15) is 9.90 Å². The fourth-order valence-electron chi connectivity index (χ4n) is 8.17. The number of piperidine rings is 2. The first-order valence-corrected chi connectivity index (χ1v) is 18.0. The lowest BCUT2D eigenvalue weighted by Crippen LogP contribution is -2.57. The molecule has 1 aliphatic carbocycles. The van der Waals surface area contributed by atoms with Crippen LogP contribution in [0.1, 0.15) is 70.8 Å². The highest BCUT2D eigenvalue weighted by Crippen LogP contribution is 2.51. The summed E-state index contributed by atoms with van der Waals surface area (Å²) in [6, 6.07) is 9.90. The number of carbonyl (C=O) groups excluding carboxylic acids is 1. The number of amides is 1. The molecule has 1 saturated carbocycles. The number of nitrogens with zero attached hydrogens (tertiary/aromatic N) is 8. The summed E-state index contributed by atoms with van der Waals surface area (Å²) < 4.78 is 5.60. The zero-order valence-corrected chi connectivity index (χ0v) is 29.4. The Bertz CT molecular complexity index is 1600. The third-order valence-electron chi connectivity index (χ3n) is 11.1. The zero-order valence-electron chi connectivity index (χ0n) is 29.4. The number of ether oxygens (including phenoxy) is 1. The number of piperazine rings is 1. The lowest BCUT2D eigenvalue weighted by atomic mass is 9.59. The predicted molar refractivity (Wildman–Crippen MR) is 191 cm³/mol. The average Bonchev–Trinajstić information content (AvgIpc) is 3.10. The van der Waals surface area contributed by atoms with E-state index in [1.807, 2.05) is 50.9 Å². The summed E-state index contributed by atoms with van der Waals surface area (Å²) in [5, 5.41) is 22.3. The lowest BCUT2D eigenvalue weighted by molar-refractivity contribution is -0.0530. The van der Waals surface area contributed by atoms with E-state index in [0.717, 1.165) is 95.5 Å². The molecule has 0 radical (unpaired) electrons. The van der Waals surface area contributed by atoms with E-state index in [-0.39, 0.29) is 11.8 Å². The Labute approximate surface area is 289 Å². The molecule has 2 aromatic heterocycles. The highest BCUT2D eigenvalue weighted by atomic mass is 16.6. The fourth-order valence-corrected chi connectivity index (χ4v) is 8.17. The van der Waals surface area contributed by atoms with E-state index in [4.69, 9.17) is 14.7 Å². The number of hydrogen-bond donors (Lipinski definition) is 2. The molecule has 0 bridgehead atoms. The summed E-state index contributed by atoms with van der Waals surface area (Å²) in [6.45, 7) is 12.9. The molecular weight excluding hydrogens is 618 g/mol. The number of likely N-dealkylation sites (tertiary alicyclic amines) is 2. The molecule has 0 atom stereocenters. The number of phenolic OH excluding ortho intramolecular Hbond substituents is 1. The molecule has 12 heteroatoms. The number of benzene rings is 1. The Hall–Kier alpha value is -4.19. The Morgan fingerprint density at radius 3 is 2.20 bits per heavy atom. The fraction of sp³-hybridized carbons (Fsp3) is 0.595. The van der Waals surface area contributed by atoms with Gasteiger partial charge in [-0.05, 0) is 107 Å². The van der Waals surface area contributed by atoms with Gasteiger partial charge in [-0.25, -0.2) is 14.8 Å². The van der Waals surface area contributed by atoms with Crippen molar-refractivity contribution >= 4 is 23.5 Å². The number of aromatic hydroxyl groups is 1. The van der Waals surface area contributed by atoms with Crippen LogP contribution in [0.3, 0.4) is 0 Å². The highest BCUT2D eigenvalue weighted by molar-refractivity contribution is 5.75. The van der Waals surface area contributed by atoms with Gasteiger partial charge in [-0.2, -0.15) is 0 Å². The lowest BCUT2D eigenvalue weighted by Gasteiger charge is -2.56. The first-order valence-electron chi connectivity index (χ1n) is 18.0. The van der Waals surface area contributed by atoms with Gasteiger partial charge in [0.05, 0.1) is 11.4 Å². The van der Waals surface area contributed by atoms with Crippen LogP contribution in [0, 0.1) is 5.41 Å². The topological polar surface area (TPSA) is 123 Å². The van der Waals surface area contributed by atoms with Gasteiger partial charge in [0.2, 0.25) is 5.95 Å². The molecule has 7 rings (SSSR count). The molecule has 3 aliphatic heterocycles. The van der Waals surface area contributed by atoms with Crippen molar-refractivity contribution in [1.29, 1.82) is 0 Å². The largest absolute Gasteiger partial charge is 0.507 e. The van der Waals surface area contributed by atoms with E-state index in [1.165, 1.54) is 18.4 Å². The van der Waals surface area contributed by atoms with Gasteiger partial charge in [0.25, 0.3) is 0 Å². The number of phenols is 1. The second kappa shape index (κ2) is 13.6.